The van der Waals surface area contributed by atoms with E-state index < -0.39 is 30.2 Å². The van der Waals surface area contributed by atoms with Crippen LogP contribution in [0, 0.1) is 0 Å². The Morgan fingerprint density at radius 1 is 0.724 bits per heavy atom. The van der Waals surface area contributed by atoms with Gasteiger partial charge in [-0.1, -0.05) is 13.3 Å². The number of aromatic carboxylic acids is 3. The van der Waals surface area contributed by atoms with E-state index in [2.05, 4.69) is 0 Å². The van der Waals surface area contributed by atoms with Gasteiger partial charge in [0.1, 0.15) is 0 Å². The molecule has 2 rings (SSSR count). The fourth-order valence-corrected chi connectivity index (χ4v) is 2.00. The predicted molar refractivity (Wildman–Crippen MR) is 100 cm³/mol. The Morgan fingerprint density at radius 2 is 1.03 bits per heavy atom. The van der Waals surface area contributed by atoms with Crippen LogP contribution in [0.1, 0.15) is 61.2 Å². The molecule has 0 bridgehead atoms. The lowest BCUT2D eigenvalue weighted by Crippen LogP contribution is -2.17. The lowest BCUT2D eigenvalue weighted by Gasteiger charge is -2.10. The number of carbonyl (C=O) groups is 4. The molecule has 0 saturated heterocycles. The molecule has 0 fully saturated rings. The number of aliphatic hydroxyl groups is 1. The summed E-state index contributed by atoms with van der Waals surface area (Å²) in [5.74, 6) is -3.85. The van der Waals surface area contributed by atoms with E-state index in [1.807, 2.05) is 6.92 Å². The summed E-state index contributed by atoms with van der Waals surface area (Å²) in [5.41, 5.74) is 0.473. The minimum absolute atomic E-state index is 0.0833. The Labute approximate surface area is 165 Å². The van der Waals surface area contributed by atoms with E-state index in [-0.39, 0.29) is 22.3 Å². The summed E-state index contributed by atoms with van der Waals surface area (Å²) >= 11 is 0. The van der Waals surface area contributed by atoms with Gasteiger partial charge < -0.3 is 25.2 Å². The van der Waals surface area contributed by atoms with Gasteiger partial charge in [0, 0.05) is 6.42 Å². The molecule has 0 saturated carbocycles. The van der Waals surface area contributed by atoms with Gasteiger partial charge >= 0.3 is 23.9 Å². The first kappa shape index (κ1) is 23.3. The summed E-state index contributed by atoms with van der Waals surface area (Å²) < 4.78 is 4.75. The van der Waals surface area contributed by atoms with Crippen LogP contribution in [0.5, 0.6) is 0 Å². The number of carboxylic acids is 3. The normalized spacial score (nSPS) is 10.8. The minimum atomic E-state index is -1.12. The van der Waals surface area contributed by atoms with Crippen LogP contribution >= 0.6 is 0 Å². The maximum atomic E-state index is 11.5. The van der Waals surface area contributed by atoms with Crippen molar-refractivity contribution in [3.05, 3.63) is 70.8 Å². The molecular formula is C20H20O9. The van der Waals surface area contributed by atoms with Gasteiger partial charge in [-0.3, -0.25) is 0 Å². The number of carbonyl (C=O) groups excluding carboxylic acids is 1. The Bertz CT molecular complexity index is 822. The van der Waals surface area contributed by atoms with Crippen LogP contribution in [0.2, 0.25) is 0 Å². The molecule has 2 aromatic rings. The number of hydrogen-bond donors (Lipinski definition) is 4. The maximum absolute atomic E-state index is 11.5. The molecule has 29 heavy (non-hydrogen) atoms. The summed E-state index contributed by atoms with van der Waals surface area (Å²) in [6.45, 7) is 1.86. The average molecular weight is 404 g/mol. The molecular weight excluding hydrogens is 384 g/mol. The largest absolute Gasteiger partial charge is 0.478 e. The van der Waals surface area contributed by atoms with E-state index in [1.165, 1.54) is 48.5 Å². The predicted octanol–water partition coefficient (Wildman–Crippen LogP) is 2.74. The molecule has 9 heteroatoms. The maximum Gasteiger partial charge on any atom is 0.340 e. The van der Waals surface area contributed by atoms with Crippen LogP contribution in [-0.2, 0) is 4.74 Å². The van der Waals surface area contributed by atoms with E-state index in [9.17, 15) is 24.3 Å². The molecule has 0 aromatic heterocycles. The Morgan fingerprint density at radius 3 is 1.31 bits per heavy atom. The van der Waals surface area contributed by atoms with E-state index in [0.29, 0.717) is 12.8 Å². The van der Waals surface area contributed by atoms with E-state index in [0.717, 1.165) is 0 Å². The van der Waals surface area contributed by atoms with Gasteiger partial charge in [0.15, 0.2) is 0 Å². The monoisotopic (exact) mass is 404 g/mol. The van der Waals surface area contributed by atoms with Crippen molar-refractivity contribution in [2.24, 2.45) is 0 Å². The van der Waals surface area contributed by atoms with Gasteiger partial charge in [-0.15, -0.1) is 0 Å². The summed E-state index contributed by atoms with van der Waals surface area (Å²) in [5, 5.41) is 34.9. The number of ether oxygens (including phenoxy) is 1. The molecule has 0 heterocycles. The van der Waals surface area contributed by atoms with Crippen molar-refractivity contribution in [3.8, 4) is 0 Å². The van der Waals surface area contributed by atoms with Crippen LogP contribution in [0.3, 0.4) is 0 Å². The third kappa shape index (κ3) is 7.81. The van der Waals surface area contributed by atoms with Crippen molar-refractivity contribution in [1.29, 1.82) is 0 Å². The van der Waals surface area contributed by atoms with Crippen molar-refractivity contribution < 1.29 is 44.3 Å². The van der Waals surface area contributed by atoms with Crippen molar-refractivity contribution in [1.82, 2.24) is 0 Å². The first-order chi connectivity index (χ1) is 13.6. The zero-order valence-electron chi connectivity index (χ0n) is 15.4. The molecule has 2 aromatic carbocycles. The first-order valence-corrected chi connectivity index (χ1v) is 8.44. The number of aliphatic hydroxyl groups excluding tert-OH is 1. The second-order valence-electron chi connectivity index (χ2n) is 5.72. The summed E-state index contributed by atoms with van der Waals surface area (Å²) in [4.78, 5) is 42.7. The van der Waals surface area contributed by atoms with Crippen molar-refractivity contribution >= 4 is 23.9 Å². The Kier molecular flexibility index (Phi) is 9.00. The molecule has 9 nitrogen and oxygen atoms in total. The zero-order valence-corrected chi connectivity index (χ0v) is 15.4. The molecule has 0 aliphatic heterocycles. The van der Waals surface area contributed by atoms with Gasteiger partial charge in [0.2, 0.25) is 6.29 Å². The molecule has 4 N–H and O–H groups in total. The summed E-state index contributed by atoms with van der Waals surface area (Å²) in [6, 6.07) is 10.3. The third-order valence-electron chi connectivity index (χ3n) is 3.53. The highest BCUT2D eigenvalue weighted by molar-refractivity contribution is 5.93. The lowest BCUT2D eigenvalue weighted by molar-refractivity contribution is -0.0685. The van der Waals surface area contributed by atoms with Gasteiger partial charge in [0.05, 0.1) is 22.3 Å². The molecule has 0 radical (unpaired) electrons. The van der Waals surface area contributed by atoms with Crippen LogP contribution in [0.25, 0.3) is 0 Å². The topological polar surface area (TPSA) is 158 Å². The van der Waals surface area contributed by atoms with Crippen molar-refractivity contribution in [2.45, 2.75) is 26.1 Å². The fourth-order valence-electron chi connectivity index (χ4n) is 2.00. The first-order valence-electron chi connectivity index (χ1n) is 8.44. The molecule has 1 atom stereocenters. The Balaban J connectivity index is 0.000000308. The lowest BCUT2D eigenvalue weighted by atomic mass is 10.1. The number of hydrogen-bond acceptors (Lipinski definition) is 6. The number of rotatable bonds is 7. The average Bonchev–Trinajstić information content (AvgIpc) is 2.68. The molecule has 0 aliphatic carbocycles. The van der Waals surface area contributed by atoms with Crippen molar-refractivity contribution in [2.75, 3.05) is 0 Å². The van der Waals surface area contributed by atoms with Gasteiger partial charge in [-0.05, 0) is 48.5 Å². The Hall–Kier alpha value is -3.72. The van der Waals surface area contributed by atoms with E-state index in [4.69, 9.17) is 20.1 Å². The molecule has 0 amide bonds. The van der Waals surface area contributed by atoms with Crippen LogP contribution in [-0.4, -0.2) is 50.6 Å². The van der Waals surface area contributed by atoms with Gasteiger partial charge in [0.25, 0.3) is 0 Å². The van der Waals surface area contributed by atoms with Crippen LogP contribution < -0.4 is 0 Å². The second-order valence-corrected chi connectivity index (χ2v) is 5.72. The standard InChI is InChI=1S/C12H14O5.C8H6O4/c1-2-3-10(13)17-12(16)9-6-4-8(5-7-9)11(14)15;9-7(10)5-1-2-6(4-3-5)8(11)12/h4-7,10,13H,2-3H2,1H3,(H,14,15);1-4H,(H,9,10)(H,11,12). The number of esters is 1. The van der Waals surface area contributed by atoms with Gasteiger partial charge in [-0.2, -0.15) is 0 Å². The highest BCUT2D eigenvalue weighted by Gasteiger charge is 2.13. The zero-order chi connectivity index (χ0) is 22.0. The molecule has 1 unspecified atom stereocenters. The number of carboxylic acid groups (broad SMARTS) is 3. The second kappa shape index (κ2) is 11.2. The van der Waals surface area contributed by atoms with Crippen LogP contribution in [0.4, 0.5) is 0 Å². The summed E-state index contributed by atoms with van der Waals surface area (Å²) in [6.07, 6.45) is -0.0441. The highest BCUT2D eigenvalue weighted by Crippen LogP contribution is 2.08. The summed E-state index contributed by atoms with van der Waals surface area (Å²) in [7, 11) is 0. The third-order valence-corrected chi connectivity index (χ3v) is 3.53. The fraction of sp³-hybridized carbons (Fsp3) is 0.200. The highest BCUT2D eigenvalue weighted by atomic mass is 16.6. The minimum Gasteiger partial charge on any atom is -0.478 e. The van der Waals surface area contributed by atoms with E-state index in [1.54, 1.807) is 0 Å². The molecule has 0 spiro atoms. The number of benzene rings is 2. The smallest absolute Gasteiger partial charge is 0.340 e. The van der Waals surface area contributed by atoms with Crippen molar-refractivity contribution in [3.63, 3.8) is 0 Å². The SMILES string of the molecule is CCCC(O)OC(=O)c1ccc(C(=O)O)cc1.O=C(O)c1ccc(C(=O)O)cc1. The van der Waals surface area contributed by atoms with Crippen LogP contribution in [0.15, 0.2) is 48.5 Å². The quantitative estimate of drug-likeness (QED) is 0.402. The molecule has 154 valence electrons. The molecule has 0 aliphatic rings. The van der Waals surface area contributed by atoms with Gasteiger partial charge in [-0.25, -0.2) is 19.2 Å². The van der Waals surface area contributed by atoms with E-state index >= 15 is 0 Å².